The molecule has 2 heterocycles. The Bertz CT molecular complexity index is 1010. The van der Waals surface area contributed by atoms with Gasteiger partial charge in [0.2, 0.25) is 0 Å². The lowest BCUT2D eigenvalue weighted by molar-refractivity contribution is 0.0340. The Morgan fingerprint density at radius 3 is 2.55 bits per heavy atom. The summed E-state index contributed by atoms with van der Waals surface area (Å²) in [4.78, 5) is 15.1. The quantitative estimate of drug-likeness (QED) is 0.589. The summed E-state index contributed by atoms with van der Waals surface area (Å²) < 4.78 is 23.3. The smallest absolute Gasteiger partial charge is 0.258 e. The highest BCUT2D eigenvalue weighted by molar-refractivity contribution is 7.98. The van der Waals surface area contributed by atoms with Crippen LogP contribution in [0.3, 0.4) is 0 Å². The molecule has 2 aliphatic heterocycles. The van der Waals surface area contributed by atoms with Crippen LogP contribution in [0.4, 0.5) is 5.69 Å². The molecular formula is C25H31N3O4S. The van der Waals surface area contributed by atoms with Crippen molar-refractivity contribution < 1.29 is 19.0 Å². The van der Waals surface area contributed by atoms with Crippen molar-refractivity contribution in [1.29, 1.82) is 0 Å². The van der Waals surface area contributed by atoms with Gasteiger partial charge < -0.3 is 23.8 Å². The van der Waals surface area contributed by atoms with E-state index in [1.54, 1.807) is 31.3 Å². The van der Waals surface area contributed by atoms with Gasteiger partial charge in [0.15, 0.2) is 0 Å². The minimum Gasteiger partial charge on any atom is -0.496 e. The summed E-state index contributed by atoms with van der Waals surface area (Å²) in [6, 6.07) is 13.6. The molecule has 1 saturated carbocycles. The van der Waals surface area contributed by atoms with Crippen LogP contribution in [0.1, 0.15) is 22.3 Å². The van der Waals surface area contributed by atoms with Crippen molar-refractivity contribution in [3.05, 3.63) is 53.6 Å². The van der Waals surface area contributed by atoms with Gasteiger partial charge in [0.05, 0.1) is 25.8 Å². The number of amides is 1. The minimum atomic E-state index is -0.248. The Balaban J connectivity index is 1.23. The molecule has 2 saturated heterocycles. The summed E-state index contributed by atoms with van der Waals surface area (Å²) in [5, 5.41) is 0. The molecule has 176 valence electrons. The van der Waals surface area contributed by atoms with E-state index in [2.05, 4.69) is 9.03 Å². The zero-order chi connectivity index (χ0) is 22.9. The van der Waals surface area contributed by atoms with Gasteiger partial charge in [-0.3, -0.25) is 4.79 Å². The number of hydrogen-bond acceptors (Lipinski definition) is 7. The van der Waals surface area contributed by atoms with Crippen LogP contribution in [0.2, 0.25) is 0 Å². The molecule has 3 unspecified atom stereocenters. The molecule has 0 radical (unpaired) electrons. The zero-order valence-electron chi connectivity index (χ0n) is 19.3. The van der Waals surface area contributed by atoms with Crippen LogP contribution in [0, 0.1) is 18.8 Å². The first-order valence-electron chi connectivity index (χ1n) is 11.5. The fourth-order valence-corrected chi connectivity index (χ4v) is 5.74. The molecule has 3 aliphatic rings. The Labute approximate surface area is 199 Å². The zero-order valence-corrected chi connectivity index (χ0v) is 20.1. The molecule has 2 aromatic carbocycles. The van der Waals surface area contributed by atoms with Crippen LogP contribution >= 0.6 is 12.1 Å². The molecule has 5 rings (SSSR count). The van der Waals surface area contributed by atoms with E-state index < -0.39 is 0 Å². The van der Waals surface area contributed by atoms with Crippen LogP contribution in [0.25, 0.3) is 0 Å². The number of carbonyl (C=O) groups excluding carboxylic acids is 1. The van der Waals surface area contributed by atoms with E-state index >= 15 is 0 Å². The number of benzene rings is 2. The summed E-state index contributed by atoms with van der Waals surface area (Å²) in [6.07, 6.45) is 0.951. The fourth-order valence-electron chi connectivity index (χ4n) is 4.85. The maximum Gasteiger partial charge on any atom is 0.258 e. The number of piperidine rings is 1. The molecule has 1 aliphatic carbocycles. The molecular weight excluding hydrogens is 438 g/mol. The number of anilines is 1. The van der Waals surface area contributed by atoms with Crippen molar-refractivity contribution in [2.45, 2.75) is 25.6 Å². The van der Waals surface area contributed by atoms with Gasteiger partial charge in [-0.15, -0.1) is 0 Å². The highest BCUT2D eigenvalue weighted by atomic mass is 32.2. The first-order chi connectivity index (χ1) is 16.1. The summed E-state index contributed by atoms with van der Waals surface area (Å²) in [5.41, 5.74) is 2.49. The van der Waals surface area contributed by atoms with Crippen LogP contribution in [-0.2, 0) is 4.74 Å². The van der Waals surface area contributed by atoms with Crippen molar-refractivity contribution in [2.75, 3.05) is 45.1 Å². The average molecular weight is 470 g/mol. The number of carbonyl (C=O) groups is 1. The highest BCUT2D eigenvalue weighted by Crippen LogP contribution is 2.46. The molecule has 0 aromatic heterocycles. The highest BCUT2D eigenvalue weighted by Gasteiger charge is 2.45. The minimum absolute atomic E-state index is 0.0615. The standard InChI is InChI=1S/C25H31N3O4S/c1-16-6-4-9-21(30-2)24(16)25(29)27-14-22(31-3)23(15-27)32-20-8-5-7-19(11-20)26-33-28-12-17-10-18(17)13-28/h4-9,11,17-18,22-23,26H,10,12-15H2,1-3H3/t17?,18?,22?,23-/m1/s1. The average Bonchev–Trinajstić information content (AvgIpc) is 3.24. The lowest BCUT2D eigenvalue weighted by Crippen LogP contribution is -2.32. The first kappa shape index (κ1) is 22.4. The van der Waals surface area contributed by atoms with E-state index in [1.807, 2.05) is 49.4 Å². The molecule has 2 aromatic rings. The van der Waals surface area contributed by atoms with E-state index in [0.29, 0.717) is 24.4 Å². The van der Waals surface area contributed by atoms with Crippen LogP contribution < -0.4 is 14.2 Å². The van der Waals surface area contributed by atoms with Crippen molar-refractivity contribution in [2.24, 2.45) is 11.8 Å². The summed E-state index contributed by atoms with van der Waals surface area (Å²) in [5.74, 6) is 3.11. The number of rotatable bonds is 8. The van der Waals surface area contributed by atoms with E-state index in [9.17, 15) is 4.79 Å². The number of aryl methyl sites for hydroxylation is 1. The monoisotopic (exact) mass is 469 g/mol. The van der Waals surface area contributed by atoms with E-state index in [0.717, 1.165) is 28.8 Å². The summed E-state index contributed by atoms with van der Waals surface area (Å²) >= 11 is 1.67. The number of methoxy groups -OCH3 is 2. The van der Waals surface area contributed by atoms with Gasteiger partial charge in [0.25, 0.3) is 5.91 Å². The molecule has 33 heavy (non-hydrogen) atoms. The van der Waals surface area contributed by atoms with Crippen molar-refractivity contribution in [1.82, 2.24) is 9.21 Å². The van der Waals surface area contributed by atoms with Gasteiger partial charge in [-0.05, 0) is 48.9 Å². The molecule has 1 amide bonds. The van der Waals surface area contributed by atoms with Gasteiger partial charge >= 0.3 is 0 Å². The number of nitrogens with zero attached hydrogens (tertiary/aromatic N) is 2. The Kier molecular flexibility index (Phi) is 6.40. The molecule has 1 N–H and O–H groups in total. The normalized spacial score (nSPS) is 26.2. The van der Waals surface area contributed by atoms with Crippen molar-refractivity contribution in [3.63, 3.8) is 0 Å². The van der Waals surface area contributed by atoms with Gasteiger partial charge in [-0.1, -0.05) is 18.2 Å². The fraction of sp³-hybridized carbons (Fsp3) is 0.480. The second-order valence-corrected chi connectivity index (χ2v) is 10.0. The maximum absolute atomic E-state index is 13.3. The third kappa shape index (κ3) is 4.78. The lowest BCUT2D eigenvalue weighted by atomic mass is 10.1. The first-order valence-corrected chi connectivity index (χ1v) is 12.2. The predicted molar refractivity (Wildman–Crippen MR) is 130 cm³/mol. The lowest BCUT2D eigenvalue weighted by Gasteiger charge is -2.20. The third-order valence-electron chi connectivity index (χ3n) is 6.83. The van der Waals surface area contributed by atoms with Gasteiger partial charge in [-0.25, -0.2) is 4.31 Å². The Morgan fingerprint density at radius 2 is 1.79 bits per heavy atom. The maximum atomic E-state index is 13.3. The largest absolute Gasteiger partial charge is 0.496 e. The van der Waals surface area contributed by atoms with E-state index in [1.165, 1.54) is 19.5 Å². The second-order valence-electron chi connectivity index (χ2n) is 9.12. The van der Waals surface area contributed by atoms with Gasteiger partial charge in [-0.2, -0.15) is 0 Å². The Morgan fingerprint density at radius 1 is 1.03 bits per heavy atom. The number of hydrogen-bond donors (Lipinski definition) is 1. The van der Waals surface area contributed by atoms with Gasteiger partial charge in [0.1, 0.15) is 23.7 Å². The summed E-state index contributed by atoms with van der Waals surface area (Å²) in [7, 11) is 3.25. The summed E-state index contributed by atoms with van der Waals surface area (Å²) in [6.45, 7) is 5.20. The molecule has 0 bridgehead atoms. The second kappa shape index (κ2) is 9.44. The Hall–Kier alpha value is -2.42. The topological polar surface area (TPSA) is 63.3 Å². The van der Waals surface area contributed by atoms with Crippen LogP contribution in [-0.4, -0.2) is 67.7 Å². The molecule has 3 fully saturated rings. The van der Waals surface area contributed by atoms with E-state index in [4.69, 9.17) is 14.2 Å². The molecule has 7 nitrogen and oxygen atoms in total. The number of nitrogens with one attached hydrogen (secondary N) is 1. The number of ether oxygens (including phenoxy) is 3. The van der Waals surface area contributed by atoms with E-state index in [-0.39, 0.29) is 18.1 Å². The molecule has 0 spiro atoms. The van der Waals surface area contributed by atoms with Gasteiger partial charge in [0, 0.05) is 44.1 Å². The van der Waals surface area contributed by atoms with Crippen LogP contribution in [0.15, 0.2) is 42.5 Å². The van der Waals surface area contributed by atoms with Crippen molar-refractivity contribution in [3.8, 4) is 11.5 Å². The SMILES string of the molecule is COc1cccc(C)c1C(=O)N1CC(OC)[C@H](Oc2cccc(NSN3CC4CC4C3)c2)C1. The van der Waals surface area contributed by atoms with Crippen LogP contribution in [0.5, 0.6) is 11.5 Å². The molecule has 8 heteroatoms. The number of likely N-dealkylation sites (tertiary alicyclic amines) is 1. The number of fused-ring (bicyclic) bond motifs is 1. The molecule has 4 atom stereocenters. The third-order valence-corrected chi connectivity index (χ3v) is 7.72. The van der Waals surface area contributed by atoms with Crippen molar-refractivity contribution >= 4 is 23.7 Å². The predicted octanol–water partition coefficient (Wildman–Crippen LogP) is 3.85.